The number of fused-ring (bicyclic) bond motifs is 1. The van der Waals surface area contributed by atoms with Crippen LogP contribution in [0.1, 0.15) is 48.8 Å². The minimum Gasteiger partial charge on any atom is -0.494 e. The van der Waals surface area contributed by atoms with Crippen molar-refractivity contribution in [3.8, 4) is 5.75 Å². The molecule has 1 amide bonds. The zero-order valence-electron chi connectivity index (χ0n) is 18.5. The molecule has 0 atom stereocenters. The summed E-state index contributed by atoms with van der Waals surface area (Å²) in [6, 6.07) is 13.4. The second kappa shape index (κ2) is 10.3. The Balaban J connectivity index is 1.19. The third-order valence-corrected chi connectivity index (χ3v) is 6.72. The molecule has 4 rings (SSSR count). The van der Waals surface area contributed by atoms with Gasteiger partial charge >= 0.3 is 0 Å². The van der Waals surface area contributed by atoms with Crippen LogP contribution in [-0.2, 0) is 17.6 Å². The lowest BCUT2D eigenvalue weighted by Crippen LogP contribution is -2.34. The number of ether oxygens (including phenoxy) is 1. The second-order valence-corrected chi connectivity index (χ2v) is 8.81. The lowest BCUT2D eigenvalue weighted by molar-refractivity contribution is -0.128. The van der Waals surface area contributed by atoms with Gasteiger partial charge in [0.05, 0.1) is 6.61 Å². The number of hydrogen-bond acceptors (Lipinski definition) is 3. The SMILES string of the molecule is CC(=O)N1CCc2ccc(OCCCN3CCC(c4cccc(F)c4)CC3)cc2CC1. The predicted octanol–water partition coefficient (Wildman–Crippen LogP) is 4.42. The highest BCUT2D eigenvalue weighted by molar-refractivity contribution is 5.73. The maximum absolute atomic E-state index is 13.5. The molecule has 5 heteroatoms. The van der Waals surface area contributed by atoms with Gasteiger partial charge in [0, 0.05) is 26.6 Å². The van der Waals surface area contributed by atoms with E-state index in [4.69, 9.17) is 4.74 Å². The van der Waals surface area contributed by atoms with E-state index in [1.54, 1.807) is 13.0 Å². The fourth-order valence-corrected chi connectivity index (χ4v) is 4.83. The molecule has 166 valence electrons. The van der Waals surface area contributed by atoms with E-state index in [1.165, 1.54) is 17.2 Å². The van der Waals surface area contributed by atoms with E-state index in [0.29, 0.717) is 12.5 Å². The van der Waals surface area contributed by atoms with Crippen molar-refractivity contribution in [2.24, 2.45) is 0 Å². The number of rotatable bonds is 6. The molecule has 2 aromatic rings. The average molecular weight is 425 g/mol. The lowest BCUT2D eigenvalue weighted by Gasteiger charge is -2.32. The Morgan fingerprint density at radius 1 is 1.03 bits per heavy atom. The van der Waals surface area contributed by atoms with Gasteiger partial charge in [0.1, 0.15) is 11.6 Å². The molecule has 2 aliphatic heterocycles. The maximum Gasteiger partial charge on any atom is 0.219 e. The first-order chi connectivity index (χ1) is 15.1. The van der Waals surface area contributed by atoms with E-state index >= 15 is 0 Å². The summed E-state index contributed by atoms with van der Waals surface area (Å²) in [4.78, 5) is 16.1. The van der Waals surface area contributed by atoms with Gasteiger partial charge in [0.25, 0.3) is 0 Å². The molecular weight excluding hydrogens is 391 g/mol. The van der Waals surface area contributed by atoms with Crippen LogP contribution >= 0.6 is 0 Å². The summed E-state index contributed by atoms with van der Waals surface area (Å²) in [5, 5.41) is 0. The predicted molar refractivity (Wildman–Crippen MR) is 121 cm³/mol. The molecule has 1 fully saturated rings. The van der Waals surface area contributed by atoms with Crippen LogP contribution in [0.5, 0.6) is 5.75 Å². The summed E-state index contributed by atoms with van der Waals surface area (Å²) in [6.45, 7) is 7.11. The van der Waals surface area contributed by atoms with E-state index in [1.807, 2.05) is 11.0 Å². The highest BCUT2D eigenvalue weighted by Gasteiger charge is 2.20. The van der Waals surface area contributed by atoms with Crippen molar-refractivity contribution < 1.29 is 13.9 Å². The van der Waals surface area contributed by atoms with Gasteiger partial charge in [0.15, 0.2) is 0 Å². The molecule has 2 aliphatic rings. The summed E-state index contributed by atoms with van der Waals surface area (Å²) < 4.78 is 19.5. The molecular formula is C26H33FN2O2. The minimum absolute atomic E-state index is 0.133. The molecule has 31 heavy (non-hydrogen) atoms. The molecule has 0 unspecified atom stereocenters. The second-order valence-electron chi connectivity index (χ2n) is 8.81. The Labute approximate surface area is 185 Å². The molecule has 0 spiro atoms. The Hall–Kier alpha value is -2.40. The number of halogens is 1. The quantitative estimate of drug-likeness (QED) is 0.644. The zero-order valence-corrected chi connectivity index (χ0v) is 18.5. The highest BCUT2D eigenvalue weighted by atomic mass is 19.1. The molecule has 0 radical (unpaired) electrons. The third-order valence-electron chi connectivity index (χ3n) is 6.72. The van der Waals surface area contributed by atoms with Crippen molar-refractivity contribution in [1.82, 2.24) is 9.80 Å². The number of piperidine rings is 1. The summed E-state index contributed by atoms with van der Waals surface area (Å²) in [7, 11) is 0. The van der Waals surface area contributed by atoms with Crippen LogP contribution in [0, 0.1) is 5.82 Å². The Kier molecular flexibility index (Phi) is 7.23. The number of amides is 1. The van der Waals surface area contributed by atoms with Gasteiger partial charge in [-0.2, -0.15) is 0 Å². The van der Waals surface area contributed by atoms with Crippen LogP contribution in [0.3, 0.4) is 0 Å². The third kappa shape index (κ3) is 5.85. The van der Waals surface area contributed by atoms with Gasteiger partial charge < -0.3 is 14.5 Å². The molecule has 0 aromatic heterocycles. The van der Waals surface area contributed by atoms with Gasteiger partial charge in [-0.25, -0.2) is 4.39 Å². The number of hydrogen-bond donors (Lipinski definition) is 0. The number of carbonyl (C=O) groups excluding carboxylic acids is 1. The summed E-state index contributed by atoms with van der Waals surface area (Å²) in [6.07, 6.45) is 4.99. The van der Waals surface area contributed by atoms with E-state index < -0.39 is 0 Å². The van der Waals surface area contributed by atoms with E-state index in [0.717, 1.165) is 76.1 Å². The fraction of sp³-hybridized carbons (Fsp3) is 0.500. The maximum atomic E-state index is 13.5. The molecule has 2 heterocycles. The van der Waals surface area contributed by atoms with Crippen LogP contribution in [0.2, 0.25) is 0 Å². The number of likely N-dealkylation sites (tertiary alicyclic amines) is 1. The van der Waals surface area contributed by atoms with Crippen LogP contribution in [0.15, 0.2) is 42.5 Å². The van der Waals surface area contributed by atoms with Gasteiger partial charge in [-0.05, 0) is 92.1 Å². The van der Waals surface area contributed by atoms with Crippen LogP contribution < -0.4 is 4.74 Å². The largest absolute Gasteiger partial charge is 0.494 e. The van der Waals surface area contributed by atoms with Crippen LogP contribution in [0.4, 0.5) is 4.39 Å². The molecule has 0 aliphatic carbocycles. The minimum atomic E-state index is -0.133. The van der Waals surface area contributed by atoms with Gasteiger partial charge in [0.2, 0.25) is 5.91 Å². The average Bonchev–Trinajstić information content (AvgIpc) is 2.99. The normalized spacial score (nSPS) is 17.8. The van der Waals surface area contributed by atoms with Crippen molar-refractivity contribution in [1.29, 1.82) is 0 Å². The first kappa shape index (κ1) is 21.8. The molecule has 4 nitrogen and oxygen atoms in total. The number of nitrogens with zero attached hydrogens (tertiary/aromatic N) is 2. The Morgan fingerprint density at radius 2 is 1.81 bits per heavy atom. The lowest BCUT2D eigenvalue weighted by atomic mass is 9.89. The Bertz CT molecular complexity index is 893. The standard InChI is InChI=1S/C26H33FN2O2/c1-20(30)29-15-10-21-6-7-26(19-24(21)11-16-29)31-17-3-12-28-13-8-22(9-14-28)23-4-2-5-25(27)18-23/h2,4-7,18-19,22H,3,8-17H2,1H3. The van der Waals surface area contributed by atoms with Gasteiger partial charge in [-0.3, -0.25) is 4.79 Å². The Morgan fingerprint density at radius 3 is 2.55 bits per heavy atom. The smallest absolute Gasteiger partial charge is 0.219 e. The number of benzene rings is 2. The monoisotopic (exact) mass is 424 g/mol. The van der Waals surface area contributed by atoms with Crippen molar-refractivity contribution in [2.75, 3.05) is 39.3 Å². The summed E-state index contributed by atoms with van der Waals surface area (Å²) in [5.41, 5.74) is 3.77. The topological polar surface area (TPSA) is 32.8 Å². The number of carbonyl (C=O) groups is 1. The van der Waals surface area contributed by atoms with Crippen molar-refractivity contribution in [2.45, 2.75) is 44.9 Å². The van der Waals surface area contributed by atoms with Gasteiger partial charge in [-0.15, -0.1) is 0 Å². The fourth-order valence-electron chi connectivity index (χ4n) is 4.83. The van der Waals surface area contributed by atoms with Crippen LogP contribution in [-0.4, -0.2) is 55.0 Å². The van der Waals surface area contributed by atoms with E-state index in [2.05, 4.69) is 29.2 Å². The van der Waals surface area contributed by atoms with E-state index in [9.17, 15) is 9.18 Å². The molecule has 0 bridgehead atoms. The van der Waals surface area contributed by atoms with Gasteiger partial charge in [-0.1, -0.05) is 18.2 Å². The summed E-state index contributed by atoms with van der Waals surface area (Å²) in [5.74, 6) is 1.43. The first-order valence-corrected chi connectivity index (χ1v) is 11.6. The molecule has 0 saturated carbocycles. The van der Waals surface area contributed by atoms with E-state index in [-0.39, 0.29) is 11.7 Å². The molecule has 2 aromatic carbocycles. The molecule has 0 N–H and O–H groups in total. The van der Waals surface area contributed by atoms with Crippen LogP contribution in [0.25, 0.3) is 0 Å². The van der Waals surface area contributed by atoms with Crippen molar-refractivity contribution in [3.05, 3.63) is 65.0 Å². The zero-order chi connectivity index (χ0) is 21.6. The van der Waals surface area contributed by atoms with Crippen molar-refractivity contribution in [3.63, 3.8) is 0 Å². The van der Waals surface area contributed by atoms with Crippen molar-refractivity contribution >= 4 is 5.91 Å². The summed E-state index contributed by atoms with van der Waals surface area (Å²) >= 11 is 0. The highest BCUT2D eigenvalue weighted by Crippen LogP contribution is 2.28. The molecule has 1 saturated heterocycles. The first-order valence-electron chi connectivity index (χ1n) is 11.6.